The number of rotatable bonds is 5. The number of aryl methyl sites for hydroxylation is 3. The van der Waals surface area contributed by atoms with E-state index in [1.807, 2.05) is 62.1 Å². The van der Waals surface area contributed by atoms with E-state index in [-0.39, 0.29) is 18.4 Å². The van der Waals surface area contributed by atoms with Crippen LogP contribution >= 0.6 is 0 Å². The zero-order valence-electron chi connectivity index (χ0n) is 15.5. The van der Waals surface area contributed by atoms with Gasteiger partial charge in [-0.1, -0.05) is 17.7 Å². The van der Waals surface area contributed by atoms with Gasteiger partial charge in [0.15, 0.2) is 6.61 Å². The Labute approximate surface area is 154 Å². The molecule has 0 spiro atoms. The highest BCUT2D eigenvalue weighted by molar-refractivity contribution is 5.97. The van der Waals surface area contributed by atoms with Gasteiger partial charge in [0.05, 0.1) is 0 Å². The van der Waals surface area contributed by atoms with Gasteiger partial charge in [-0.05, 0) is 62.6 Å². The SMILES string of the molecule is Cc1ccc(OCC(=O)Nc2ccc(N3CCCC3=O)c(C)c2)c(C)c1. The molecule has 5 heteroatoms. The Bertz CT molecular complexity index is 845. The summed E-state index contributed by atoms with van der Waals surface area (Å²) in [5.74, 6) is 0.658. The number of anilines is 2. The summed E-state index contributed by atoms with van der Waals surface area (Å²) in [6.45, 7) is 6.64. The van der Waals surface area contributed by atoms with Crippen LogP contribution in [-0.4, -0.2) is 25.0 Å². The summed E-state index contributed by atoms with van der Waals surface area (Å²) >= 11 is 0. The molecule has 5 nitrogen and oxygen atoms in total. The number of nitrogens with one attached hydrogen (secondary N) is 1. The topological polar surface area (TPSA) is 58.6 Å². The van der Waals surface area contributed by atoms with Gasteiger partial charge in [0.25, 0.3) is 5.91 Å². The van der Waals surface area contributed by atoms with Gasteiger partial charge in [0, 0.05) is 24.3 Å². The molecular formula is C21H24N2O3. The van der Waals surface area contributed by atoms with E-state index in [1.165, 1.54) is 0 Å². The third kappa shape index (κ3) is 4.04. The quantitative estimate of drug-likeness (QED) is 0.891. The van der Waals surface area contributed by atoms with Crippen LogP contribution in [0.2, 0.25) is 0 Å². The molecule has 2 aromatic carbocycles. The first kappa shape index (κ1) is 18.0. The summed E-state index contributed by atoms with van der Waals surface area (Å²) in [6, 6.07) is 11.5. The van der Waals surface area contributed by atoms with E-state index in [0.29, 0.717) is 17.9 Å². The largest absolute Gasteiger partial charge is 0.483 e. The predicted octanol–water partition coefficient (Wildman–Crippen LogP) is 3.76. The summed E-state index contributed by atoms with van der Waals surface area (Å²) in [5, 5.41) is 2.85. The molecule has 1 N–H and O–H groups in total. The van der Waals surface area contributed by atoms with Crippen LogP contribution in [-0.2, 0) is 9.59 Å². The Balaban J connectivity index is 1.60. The van der Waals surface area contributed by atoms with E-state index in [2.05, 4.69) is 5.32 Å². The summed E-state index contributed by atoms with van der Waals surface area (Å²) in [5.41, 5.74) is 4.75. The fourth-order valence-electron chi connectivity index (χ4n) is 3.24. The van der Waals surface area contributed by atoms with E-state index >= 15 is 0 Å². The molecule has 0 aromatic heterocycles. The second kappa shape index (κ2) is 7.60. The van der Waals surface area contributed by atoms with Crippen LogP contribution in [0.5, 0.6) is 5.75 Å². The van der Waals surface area contributed by atoms with Crippen molar-refractivity contribution in [1.82, 2.24) is 0 Å². The first-order valence-electron chi connectivity index (χ1n) is 8.85. The van der Waals surface area contributed by atoms with Crippen LogP contribution in [0.15, 0.2) is 36.4 Å². The number of hydrogen-bond donors (Lipinski definition) is 1. The highest BCUT2D eigenvalue weighted by Gasteiger charge is 2.23. The second-order valence-electron chi connectivity index (χ2n) is 6.76. The molecule has 2 aromatic rings. The summed E-state index contributed by atoms with van der Waals surface area (Å²) in [7, 11) is 0. The second-order valence-corrected chi connectivity index (χ2v) is 6.76. The van der Waals surface area contributed by atoms with Gasteiger partial charge in [-0.15, -0.1) is 0 Å². The van der Waals surface area contributed by atoms with E-state index in [0.717, 1.165) is 35.3 Å². The number of carbonyl (C=O) groups excluding carboxylic acids is 2. The number of carbonyl (C=O) groups is 2. The van der Waals surface area contributed by atoms with E-state index in [9.17, 15) is 9.59 Å². The molecule has 2 amide bonds. The minimum absolute atomic E-state index is 0.0463. The fraction of sp³-hybridized carbons (Fsp3) is 0.333. The van der Waals surface area contributed by atoms with Crippen LogP contribution in [0.1, 0.15) is 29.5 Å². The third-order valence-electron chi connectivity index (χ3n) is 4.53. The lowest BCUT2D eigenvalue weighted by atomic mass is 10.1. The van der Waals surface area contributed by atoms with Crippen molar-refractivity contribution in [1.29, 1.82) is 0 Å². The lowest BCUT2D eigenvalue weighted by Gasteiger charge is -2.19. The van der Waals surface area contributed by atoms with E-state index in [1.54, 1.807) is 0 Å². The molecule has 136 valence electrons. The lowest BCUT2D eigenvalue weighted by Crippen LogP contribution is -2.24. The lowest BCUT2D eigenvalue weighted by molar-refractivity contribution is -0.118. The normalized spacial score (nSPS) is 13.8. The standard InChI is InChI=1S/C21H24N2O3/c1-14-6-9-19(16(3)11-14)26-13-20(24)22-17-7-8-18(15(2)12-17)23-10-4-5-21(23)25/h6-9,11-12H,4-5,10,13H2,1-3H3,(H,22,24). The summed E-state index contributed by atoms with van der Waals surface area (Å²) in [4.78, 5) is 25.9. The zero-order chi connectivity index (χ0) is 18.7. The molecule has 1 aliphatic heterocycles. The predicted molar refractivity (Wildman–Crippen MR) is 103 cm³/mol. The Morgan fingerprint density at radius 3 is 2.58 bits per heavy atom. The van der Waals surface area contributed by atoms with Crippen LogP contribution in [0.25, 0.3) is 0 Å². The average Bonchev–Trinajstić information content (AvgIpc) is 3.00. The number of benzene rings is 2. The van der Waals surface area contributed by atoms with Crippen LogP contribution in [0.3, 0.4) is 0 Å². The molecule has 0 bridgehead atoms. The molecular weight excluding hydrogens is 328 g/mol. The van der Waals surface area contributed by atoms with Gasteiger partial charge in [-0.25, -0.2) is 0 Å². The monoisotopic (exact) mass is 352 g/mol. The van der Waals surface area contributed by atoms with Gasteiger partial charge in [-0.2, -0.15) is 0 Å². The first-order valence-corrected chi connectivity index (χ1v) is 8.85. The highest BCUT2D eigenvalue weighted by atomic mass is 16.5. The average molecular weight is 352 g/mol. The maximum absolute atomic E-state index is 12.2. The maximum Gasteiger partial charge on any atom is 0.262 e. The molecule has 0 aliphatic carbocycles. The van der Waals surface area contributed by atoms with E-state index in [4.69, 9.17) is 4.74 Å². The van der Waals surface area contributed by atoms with Gasteiger partial charge in [0.1, 0.15) is 5.75 Å². The molecule has 0 unspecified atom stereocenters. The van der Waals surface area contributed by atoms with E-state index < -0.39 is 0 Å². The third-order valence-corrected chi connectivity index (χ3v) is 4.53. The maximum atomic E-state index is 12.2. The van der Waals surface area contributed by atoms with Gasteiger partial charge < -0.3 is 15.0 Å². The minimum atomic E-state index is -0.214. The van der Waals surface area contributed by atoms with Crippen LogP contribution in [0.4, 0.5) is 11.4 Å². The van der Waals surface area contributed by atoms with Crippen molar-refractivity contribution in [3.8, 4) is 5.75 Å². The first-order chi connectivity index (χ1) is 12.4. The zero-order valence-corrected chi connectivity index (χ0v) is 15.5. The van der Waals surface area contributed by atoms with Crippen molar-refractivity contribution >= 4 is 23.2 Å². The van der Waals surface area contributed by atoms with Crippen molar-refractivity contribution in [2.24, 2.45) is 0 Å². The molecule has 1 aliphatic rings. The van der Waals surface area contributed by atoms with Gasteiger partial charge in [0.2, 0.25) is 5.91 Å². The van der Waals surface area contributed by atoms with Crippen LogP contribution < -0.4 is 15.0 Å². The fourth-order valence-corrected chi connectivity index (χ4v) is 3.24. The molecule has 1 heterocycles. The number of amides is 2. The van der Waals surface area contributed by atoms with Crippen molar-refractivity contribution < 1.29 is 14.3 Å². The Kier molecular flexibility index (Phi) is 5.26. The number of nitrogens with zero attached hydrogens (tertiary/aromatic N) is 1. The molecule has 1 saturated heterocycles. The van der Waals surface area contributed by atoms with Crippen molar-refractivity contribution in [3.05, 3.63) is 53.1 Å². The smallest absolute Gasteiger partial charge is 0.262 e. The molecule has 0 saturated carbocycles. The van der Waals surface area contributed by atoms with Crippen molar-refractivity contribution in [2.75, 3.05) is 23.4 Å². The molecule has 0 radical (unpaired) electrons. The highest BCUT2D eigenvalue weighted by Crippen LogP contribution is 2.27. The van der Waals surface area contributed by atoms with Crippen molar-refractivity contribution in [3.63, 3.8) is 0 Å². The molecule has 26 heavy (non-hydrogen) atoms. The Morgan fingerprint density at radius 2 is 1.92 bits per heavy atom. The molecule has 1 fully saturated rings. The van der Waals surface area contributed by atoms with Crippen LogP contribution in [0, 0.1) is 20.8 Å². The Morgan fingerprint density at radius 1 is 1.12 bits per heavy atom. The Hall–Kier alpha value is -2.82. The number of hydrogen-bond acceptors (Lipinski definition) is 3. The molecule has 0 atom stereocenters. The van der Waals surface area contributed by atoms with Gasteiger partial charge in [-0.3, -0.25) is 9.59 Å². The summed E-state index contributed by atoms with van der Waals surface area (Å²) in [6.07, 6.45) is 1.50. The van der Waals surface area contributed by atoms with Gasteiger partial charge >= 0.3 is 0 Å². The molecule has 3 rings (SSSR count). The van der Waals surface area contributed by atoms with Crippen molar-refractivity contribution in [2.45, 2.75) is 33.6 Å². The number of ether oxygens (including phenoxy) is 1. The minimum Gasteiger partial charge on any atom is -0.483 e. The summed E-state index contributed by atoms with van der Waals surface area (Å²) < 4.78 is 5.61.